The van der Waals surface area contributed by atoms with Crippen LogP contribution in [0.15, 0.2) is 42.5 Å². The van der Waals surface area contributed by atoms with Crippen LogP contribution in [0, 0.1) is 6.92 Å². The maximum Gasteiger partial charge on any atom is 0.156 e. The Balaban J connectivity index is 2.46. The quantitative estimate of drug-likeness (QED) is 0.876. The van der Waals surface area contributed by atoms with Crippen molar-refractivity contribution in [2.24, 2.45) is 0 Å². The monoisotopic (exact) mass is 227 g/mol. The Morgan fingerprint density at radius 3 is 2.47 bits per heavy atom. The van der Waals surface area contributed by atoms with Crippen LogP contribution >= 0.6 is 0 Å². The molecule has 88 valence electrons. The SMILES string of the molecule is CCN(c1ccccc1)c1nc(C)ccc1N. The predicted molar refractivity (Wildman–Crippen MR) is 72.5 cm³/mol. The van der Waals surface area contributed by atoms with Crippen LogP contribution in [0.2, 0.25) is 0 Å². The van der Waals surface area contributed by atoms with Gasteiger partial charge in [0.15, 0.2) is 5.82 Å². The molecule has 0 bridgehead atoms. The van der Waals surface area contributed by atoms with Gasteiger partial charge in [0, 0.05) is 17.9 Å². The van der Waals surface area contributed by atoms with E-state index in [1.807, 2.05) is 37.3 Å². The standard InChI is InChI=1S/C14H17N3/c1-3-17(12-7-5-4-6-8-12)14-13(15)10-9-11(2)16-14/h4-10H,3,15H2,1-2H3. The van der Waals surface area contributed by atoms with E-state index in [0.717, 1.165) is 23.7 Å². The minimum atomic E-state index is 0.710. The number of nitrogen functional groups attached to an aromatic ring is 1. The van der Waals surface area contributed by atoms with Crippen molar-refractivity contribution in [3.8, 4) is 0 Å². The summed E-state index contributed by atoms with van der Waals surface area (Å²) in [5, 5.41) is 0. The molecule has 0 aliphatic carbocycles. The topological polar surface area (TPSA) is 42.2 Å². The lowest BCUT2D eigenvalue weighted by atomic mass is 10.2. The number of nitrogens with two attached hydrogens (primary N) is 1. The molecule has 2 N–H and O–H groups in total. The van der Waals surface area contributed by atoms with Crippen molar-refractivity contribution < 1.29 is 0 Å². The number of nitrogens with zero attached hydrogens (tertiary/aromatic N) is 2. The summed E-state index contributed by atoms with van der Waals surface area (Å²) in [6, 6.07) is 14.0. The molecule has 3 heteroatoms. The highest BCUT2D eigenvalue weighted by Gasteiger charge is 2.11. The van der Waals surface area contributed by atoms with Crippen molar-refractivity contribution in [1.82, 2.24) is 4.98 Å². The summed E-state index contributed by atoms with van der Waals surface area (Å²) in [6.45, 7) is 4.91. The first-order valence-electron chi connectivity index (χ1n) is 5.78. The number of rotatable bonds is 3. The Labute approximate surface area is 102 Å². The van der Waals surface area contributed by atoms with Gasteiger partial charge in [-0.3, -0.25) is 0 Å². The zero-order chi connectivity index (χ0) is 12.3. The molecule has 0 saturated carbocycles. The Kier molecular flexibility index (Phi) is 3.28. The second-order valence-electron chi connectivity index (χ2n) is 3.95. The fourth-order valence-electron chi connectivity index (χ4n) is 1.83. The van der Waals surface area contributed by atoms with E-state index in [1.54, 1.807) is 0 Å². The van der Waals surface area contributed by atoms with Gasteiger partial charge < -0.3 is 10.6 Å². The maximum absolute atomic E-state index is 6.00. The molecule has 0 amide bonds. The van der Waals surface area contributed by atoms with Crippen LogP contribution in [0.3, 0.4) is 0 Å². The van der Waals surface area contributed by atoms with Crippen LogP contribution in [0.25, 0.3) is 0 Å². The van der Waals surface area contributed by atoms with E-state index in [4.69, 9.17) is 5.73 Å². The highest BCUT2D eigenvalue weighted by Crippen LogP contribution is 2.27. The Morgan fingerprint density at radius 2 is 1.82 bits per heavy atom. The summed E-state index contributed by atoms with van der Waals surface area (Å²) in [5.74, 6) is 0.832. The lowest BCUT2D eigenvalue weighted by Gasteiger charge is -2.23. The van der Waals surface area contributed by atoms with E-state index >= 15 is 0 Å². The summed E-state index contributed by atoms with van der Waals surface area (Å²) in [5.41, 5.74) is 8.80. The van der Waals surface area contributed by atoms with Crippen LogP contribution in [0.5, 0.6) is 0 Å². The van der Waals surface area contributed by atoms with Crippen molar-refractivity contribution in [1.29, 1.82) is 0 Å². The second-order valence-corrected chi connectivity index (χ2v) is 3.95. The number of pyridine rings is 1. The predicted octanol–water partition coefficient (Wildman–Crippen LogP) is 3.13. The number of benzene rings is 1. The highest BCUT2D eigenvalue weighted by atomic mass is 15.2. The smallest absolute Gasteiger partial charge is 0.156 e. The minimum Gasteiger partial charge on any atom is -0.396 e. The average molecular weight is 227 g/mol. The van der Waals surface area contributed by atoms with Crippen LogP contribution < -0.4 is 10.6 Å². The van der Waals surface area contributed by atoms with Crippen molar-refractivity contribution in [2.45, 2.75) is 13.8 Å². The van der Waals surface area contributed by atoms with E-state index in [0.29, 0.717) is 5.69 Å². The molecule has 0 radical (unpaired) electrons. The van der Waals surface area contributed by atoms with Crippen LogP contribution in [-0.4, -0.2) is 11.5 Å². The van der Waals surface area contributed by atoms with Crippen molar-refractivity contribution in [3.05, 3.63) is 48.2 Å². The molecule has 1 heterocycles. The molecule has 0 saturated heterocycles. The number of hydrogen-bond acceptors (Lipinski definition) is 3. The van der Waals surface area contributed by atoms with Gasteiger partial charge in [0.25, 0.3) is 0 Å². The molecule has 0 aliphatic heterocycles. The van der Waals surface area contributed by atoms with Gasteiger partial charge in [0.05, 0.1) is 5.69 Å². The first-order valence-corrected chi connectivity index (χ1v) is 5.78. The summed E-state index contributed by atoms with van der Waals surface area (Å²) in [6.07, 6.45) is 0. The van der Waals surface area contributed by atoms with Gasteiger partial charge in [-0.1, -0.05) is 18.2 Å². The second kappa shape index (κ2) is 4.87. The lowest BCUT2D eigenvalue weighted by Crippen LogP contribution is -2.19. The van der Waals surface area contributed by atoms with Gasteiger partial charge in [0.1, 0.15) is 0 Å². The summed E-state index contributed by atoms with van der Waals surface area (Å²) in [4.78, 5) is 6.63. The molecule has 0 spiro atoms. The molecule has 0 aliphatic rings. The Hall–Kier alpha value is -2.03. The average Bonchev–Trinajstić information content (AvgIpc) is 2.36. The molecule has 0 unspecified atom stereocenters. The molecule has 17 heavy (non-hydrogen) atoms. The van der Waals surface area contributed by atoms with Crippen molar-refractivity contribution in [2.75, 3.05) is 17.2 Å². The van der Waals surface area contributed by atoms with Gasteiger partial charge in [-0.2, -0.15) is 0 Å². The first-order chi connectivity index (χ1) is 8.22. The molecular formula is C14H17N3. The van der Waals surface area contributed by atoms with Gasteiger partial charge in [-0.25, -0.2) is 4.98 Å². The number of hydrogen-bond donors (Lipinski definition) is 1. The van der Waals surface area contributed by atoms with Gasteiger partial charge in [0.2, 0.25) is 0 Å². The zero-order valence-electron chi connectivity index (χ0n) is 10.2. The fraction of sp³-hybridized carbons (Fsp3) is 0.214. The van der Waals surface area contributed by atoms with E-state index in [2.05, 4.69) is 28.9 Å². The largest absolute Gasteiger partial charge is 0.396 e. The van der Waals surface area contributed by atoms with Gasteiger partial charge in [-0.15, -0.1) is 0 Å². The van der Waals surface area contributed by atoms with E-state index in [-0.39, 0.29) is 0 Å². The van der Waals surface area contributed by atoms with E-state index in [1.165, 1.54) is 0 Å². The molecule has 1 aromatic carbocycles. The first kappa shape index (κ1) is 11.5. The molecule has 1 aromatic heterocycles. The summed E-state index contributed by atoms with van der Waals surface area (Å²) >= 11 is 0. The number of aromatic nitrogens is 1. The normalized spacial score (nSPS) is 10.2. The van der Waals surface area contributed by atoms with E-state index < -0.39 is 0 Å². The van der Waals surface area contributed by atoms with Crippen LogP contribution in [0.1, 0.15) is 12.6 Å². The molecule has 0 fully saturated rings. The third-order valence-electron chi connectivity index (χ3n) is 2.68. The van der Waals surface area contributed by atoms with Gasteiger partial charge in [-0.05, 0) is 38.1 Å². The Morgan fingerprint density at radius 1 is 1.12 bits per heavy atom. The van der Waals surface area contributed by atoms with Crippen molar-refractivity contribution in [3.63, 3.8) is 0 Å². The fourth-order valence-corrected chi connectivity index (χ4v) is 1.83. The maximum atomic E-state index is 6.00. The number of anilines is 3. The molecule has 2 rings (SSSR count). The third kappa shape index (κ3) is 2.38. The molecule has 3 nitrogen and oxygen atoms in total. The van der Waals surface area contributed by atoms with Crippen LogP contribution in [0.4, 0.5) is 17.2 Å². The molecule has 0 atom stereocenters. The highest BCUT2D eigenvalue weighted by molar-refractivity contribution is 5.71. The third-order valence-corrected chi connectivity index (χ3v) is 2.68. The lowest BCUT2D eigenvalue weighted by molar-refractivity contribution is 0.982. The summed E-state index contributed by atoms with van der Waals surface area (Å²) in [7, 11) is 0. The van der Waals surface area contributed by atoms with Crippen LogP contribution in [-0.2, 0) is 0 Å². The molecule has 2 aromatic rings. The Bertz CT molecular complexity index is 494. The zero-order valence-corrected chi connectivity index (χ0v) is 10.2. The number of para-hydroxylation sites is 1. The minimum absolute atomic E-state index is 0.710. The summed E-state index contributed by atoms with van der Waals surface area (Å²) < 4.78 is 0. The number of aryl methyl sites for hydroxylation is 1. The molecular weight excluding hydrogens is 210 g/mol. The van der Waals surface area contributed by atoms with E-state index in [9.17, 15) is 0 Å². The van der Waals surface area contributed by atoms with Crippen molar-refractivity contribution >= 4 is 17.2 Å². The van der Waals surface area contributed by atoms with Gasteiger partial charge >= 0.3 is 0 Å².